The van der Waals surface area contributed by atoms with Gasteiger partial charge in [0.1, 0.15) is 0 Å². The first-order valence-electron chi connectivity index (χ1n) is 9.26. The third-order valence-corrected chi connectivity index (χ3v) is 5.47. The molecule has 0 unspecified atom stereocenters. The number of nitrogens with zero attached hydrogens (tertiary/aromatic N) is 2. The van der Waals surface area contributed by atoms with E-state index in [1.807, 2.05) is 4.90 Å². The number of rotatable bonds is 7. The van der Waals surface area contributed by atoms with Crippen molar-refractivity contribution in [1.29, 1.82) is 0 Å². The first-order chi connectivity index (χ1) is 12.2. The van der Waals surface area contributed by atoms with Gasteiger partial charge in [0.05, 0.1) is 13.5 Å². The number of carbonyl (C=O) groups excluding carboxylic acids is 2. The largest absolute Gasteiger partial charge is 0.469 e. The fourth-order valence-electron chi connectivity index (χ4n) is 4.10. The predicted octanol–water partition coefficient (Wildman–Crippen LogP) is 1.96. The monoisotopic (exact) mass is 344 g/mol. The van der Waals surface area contributed by atoms with E-state index in [0.717, 1.165) is 39.1 Å². The summed E-state index contributed by atoms with van der Waals surface area (Å²) >= 11 is 0. The van der Waals surface area contributed by atoms with E-state index in [0.29, 0.717) is 11.8 Å². The van der Waals surface area contributed by atoms with Crippen LogP contribution in [0.1, 0.15) is 24.8 Å². The molecule has 0 bridgehead atoms. The zero-order valence-corrected chi connectivity index (χ0v) is 15.0. The van der Waals surface area contributed by atoms with E-state index in [1.54, 1.807) is 0 Å². The Morgan fingerprint density at radius 1 is 1.04 bits per heavy atom. The van der Waals surface area contributed by atoms with Crippen LogP contribution in [0.25, 0.3) is 0 Å². The first kappa shape index (κ1) is 17.9. The van der Waals surface area contributed by atoms with Crippen LogP contribution in [0.2, 0.25) is 0 Å². The van der Waals surface area contributed by atoms with Crippen molar-refractivity contribution in [3.8, 4) is 0 Å². The predicted molar refractivity (Wildman–Crippen MR) is 96.0 cm³/mol. The highest BCUT2D eigenvalue weighted by Crippen LogP contribution is 2.31. The van der Waals surface area contributed by atoms with Gasteiger partial charge in [-0.25, -0.2) is 0 Å². The number of amides is 1. The lowest BCUT2D eigenvalue weighted by atomic mass is 10.0. The molecular weight excluding hydrogens is 316 g/mol. The van der Waals surface area contributed by atoms with Gasteiger partial charge in [0.25, 0.3) is 0 Å². The van der Waals surface area contributed by atoms with Crippen LogP contribution < -0.4 is 0 Å². The molecule has 0 aliphatic carbocycles. The summed E-state index contributed by atoms with van der Waals surface area (Å²) in [6.07, 6.45) is 2.77. The molecule has 1 aromatic rings. The Balaban J connectivity index is 1.36. The maximum atomic E-state index is 12.2. The van der Waals surface area contributed by atoms with Gasteiger partial charge in [-0.1, -0.05) is 30.3 Å². The molecule has 0 aromatic heterocycles. The second-order valence-electron chi connectivity index (χ2n) is 7.24. The lowest BCUT2D eigenvalue weighted by Crippen LogP contribution is -2.33. The molecule has 2 atom stereocenters. The van der Waals surface area contributed by atoms with Crippen molar-refractivity contribution in [3.05, 3.63) is 35.9 Å². The van der Waals surface area contributed by atoms with Crippen molar-refractivity contribution in [3.63, 3.8) is 0 Å². The summed E-state index contributed by atoms with van der Waals surface area (Å²) < 4.78 is 4.61. The number of hydrogen-bond donors (Lipinski definition) is 0. The van der Waals surface area contributed by atoms with E-state index in [2.05, 4.69) is 40.0 Å². The number of carbonyl (C=O) groups is 2. The third-order valence-electron chi connectivity index (χ3n) is 5.47. The summed E-state index contributed by atoms with van der Waals surface area (Å²) in [6, 6.07) is 10.6. The van der Waals surface area contributed by atoms with E-state index >= 15 is 0 Å². The average molecular weight is 344 g/mol. The van der Waals surface area contributed by atoms with Crippen LogP contribution in [0.4, 0.5) is 0 Å². The summed E-state index contributed by atoms with van der Waals surface area (Å²) in [5.41, 5.74) is 1.41. The molecule has 25 heavy (non-hydrogen) atoms. The second kappa shape index (κ2) is 8.48. The fourth-order valence-corrected chi connectivity index (χ4v) is 4.10. The number of hydrogen-bond acceptors (Lipinski definition) is 4. The molecular formula is C20H28N2O3. The average Bonchev–Trinajstić information content (AvgIpc) is 3.19. The van der Waals surface area contributed by atoms with Crippen LogP contribution in [-0.4, -0.2) is 61.5 Å². The standard InChI is InChI=1S/C20H28N2O3/c1-25-20(24)10-9-19(23)22-14-17-12-21(13-18(17)15-22)11-5-8-16-6-3-2-4-7-16/h2-4,6-7,17-18H,5,8-15H2,1H3/t17-,18-/m1/s1. The minimum Gasteiger partial charge on any atom is -0.469 e. The van der Waals surface area contributed by atoms with Gasteiger partial charge >= 0.3 is 5.97 Å². The van der Waals surface area contributed by atoms with Gasteiger partial charge in [0.2, 0.25) is 5.91 Å². The summed E-state index contributed by atoms with van der Waals surface area (Å²) in [7, 11) is 1.36. The maximum Gasteiger partial charge on any atom is 0.306 e. The lowest BCUT2D eigenvalue weighted by Gasteiger charge is -2.21. The van der Waals surface area contributed by atoms with Crippen LogP contribution in [0.3, 0.4) is 0 Å². The fraction of sp³-hybridized carbons (Fsp3) is 0.600. The molecule has 2 heterocycles. The van der Waals surface area contributed by atoms with E-state index in [4.69, 9.17) is 0 Å². The first-order valence-corrected chi connectivity index (χ1v) is 9.26. The molecule has 2 saturated heterocycles. The molecule has 0 radical (unpaired) electrons. The molecule has 1 amide bonds. The minimum absolute atomic E-state index is 0.0930. The van der Waals surface area contributed by atoms with Crippen molar-refractivity contribution < 1.29 is 14.3 Å². The quantitative estimate of drug-likeness (QED) is 0.710. The van der Waals surface area contributed by atoms with Crippen LogP contribution >= 0.6 is 0 Å². The Labute approximate surface area is 149 Å². The zero-order valence-electron chi connectivity index (χ0n) is 15.0. The summed E-state index contributed by atoms with van der Waals surface area (Å²) in [6.45, 7) is 5.03. The van der Waals surface area contributed by atoms with Gasteiger partial charge in [-0.3, -0.25) is 9.59 Å². The molecule has 3 rings (SSSR count). The van der Waals surface area contributed by atoms with E-state index < -0.39 is 0 Å². The number of likely N-dealkylation sites (tertiary alicyclic amines) is 2. The minimum atomic E-state index is -0.308. The molecule has 2 aliphatic rings. The van der Waals surface area contributed by atoms with Gasteiger partial charge in [-0.05, 0) is 36.8 Å². The zero-order chi connectivity index (χ0) is 17.6. The second-order valence-corrected chi connectivity index (χ2v) is 7.24. The van der Waals surface area contributed by atoms with Crippen LogP contribution in [0, 0.1) is 11.8 Å². The molecule has 5 heteroatoms. The van der Waals surface area contributed by atoms with E-state index in [9.17, 15) is 9.59 Å². The van der Waals surface area contributed by atoms with Crippen molar-refractivity contribution in [2.75, 3.05) is 39.8 Å². The molecule has 136 valence electrons. The molecule has 1 aromatic carbocycles. The Hall–Kier alpha value is -1.88. The van der Waals surface area contributed by atoms with Gasteiger partial charge in [0.15, 0.2) is 0 Å². The number of fused-ring (bicyclic) bond motifs is 1. The van der Waals surface area contributed by atoms with Crippen LogP contribution in [0.5, 0.6) is 0 Å². The highest BCUT2D eigenvalue weighted by molar-refractivity contribution is 5.81. The summed E-state index contributed by atoms with van der Waals surface area (Å²) in [5.74, 6) is 0.977. The lowest BCUT2D eigenvalue weighted by molar-refractivity contribution is -0.143. The van der Waals surface area contributed by atoms with Gasteiger partial charge in [-0.2, -0.15) is 0 Å². The number of ether oxygens (including phenoxy) is 1. The number of esters is 1. The molecule has 0 saturated carbocycles. The number of benzene rings is 1. The van der Waals surface area contributed by atoms with Gasteiger partial charge < -0.3 is 14.5 Å². The highest BCUT2D eigenvalue weighted by Gasteiger charge is 2.41. The number of methoxy groups -OCH3 is 1. The number of aryl methyl sites for hydroxylation is 1. The van der Waals surface area contributed by atoms with Crippen molar-refractivity contribution in [1.82, 2.24) is 9.80 Å². The van der Waals surface area contributed by atoms with Crippen LogP contribution in [0.15, 0.2) is 30.3 Å². The smallest absolute Gasteiger partial charge is 0.306 e. The third kappa shape index (κ3) is 4.82. The van der Waals surface area contributed by atoms with E-state index in [1.165, 1.54) is 19.1 Å². The maximum absolute atomic E-state index is 12.2. The van der Waals surface area contributed by atoms with Crippen LogP contribution in [-0.2, 0) is 20.7 Å². The Morgan fingerprint density at radius 3 is 2.36 bits per heavy atom. The molecule has 0 N–H and O–H groups in total. The van der Waals surface area contributed by atoms with E-state index in [-0.39, 0.29) is 24.7 Å². The molecule has 5 nitrogen and oxygen atoms in total. The Kier molecular flexibility index (Phi) is 6.08. The normalized spacial score (nSPS) is 22.8. The topological polar surface area (TPSA) is 49.9 Å². The highest BCUT2D eigenvalue weighted by atomic mass is 16.5. The van der Waals surface area contributed by atoms with Gasteiger partial charge in [0, 0.05) is 32.6 Å². The Morgan fingerprint density at radius 2 is 1.72 bits per heavy atom. The SMILES string of the molecule is COC(=O)CCC(=O)N1C[C@H]2CN(CCCc3ccccc3)C[C@@H]2C1. The van der Waals surface area contributed by atoms with Crippen molar-refractivity contribution in [2.24, 2.45) is 11.8 Å². The van der Waals surface area contributed by atoms with Crippen molar-refractivity contribution >= 4 is 11.9 Å². The van der Waals surface area contributed by atoms with Gasteiger partial charge in [-0.15, -0.1) is 0 Å². The Bertz CT molecular complexity index is 576. The summed E-state index contributed by atoms with van der Waals surface area (Å²) in [5, 5.41) is 0. The van der Waals surface area contributed by atoms with Crippen molar-refractivity contribution in [2.45, 2.75) is 25.7 Å². The molecule has 0 spiro atoms. The summed E-state index contributed by atoms with van der Waals surface area (Å²) in [4.78, 5) is 27.9. The molecule has 2 aliphatic heterocycles. The molecule has 2 fully saturated rings.